The smallest absolute Gasteiger partial charge is 0.411 e. The summed E-state index contributed by atoms with van der Waals surface area (Å²) in [4.78, 5) is 42.9. The molecule has 9 heteroatoms. The van der Waals surface area contributed by atoms with Crippen molar-refractivity contribution >= 4 is 29.4 Å². The minimum Gasteiger partial charge on any atom is -0.487 e. The molecule has 2 aliphatic heterocycles. The van der Waals surface area contributed by atoms with Gasteiger partial charge in [0.2, 0.25) is 5.43 Å². The molecule has 0 saturated carbocycles. The lowest BCUT2D eigenvalue weighted by molar-refractivity contribution is 0.0585. The number of methoxy groups -OCH3 is 1. The van der Waals surface area contributed by atoms with E-state index in [4.69, 9.17) is 9.47 Å². The summed E-state index contributed by atoms with van der Waals surface area (Å²) in [5.41, 5.74) is 3.28. The second kappa shape index (κ2) is 11.8. The third-order valence-corrected chi connectivity index (χ3v) is 8.74. The highest BCUT2D eigenvalue weighted by Crippen LogP contribution is 2.47. The van der Waals surface area contributed by atoms with E-state index in [1.165, 1.54) is 28.7 Å². The summed E-state index contributed by atoms with van der Waals surface area (Å²) >= 11 is 1.80. The summed E-state index contributed by atoms with van der Waals surface area (Å²) in [6.07, 6.45) is 2.41. The molecule has 0 bridgehead atoms. The highest BCUT2D eigenvalue weighted by atomic mass is 32.2. The molecule has 8 nitrogen and oxygen atoms in total. The Morgan fingerprint density at radius 1 is 1.10 bits per heavy atom. The fourth-order valence-corrected chi connectivity index (χ4v) is 6.69. The molecule has 210 valence electrons. The Labute approximate surface area is 238 Å². The standard InChI is InChI=1S/C31H35N3O5S/c1-5-6-15-39-29-27-30(36)33(19(2)3)17-24(34(27)16-23(28(29)35)32-31(37)38-4)26-21-12-8-7-11-20(21)18-40-25-14-10-9-13-22(25)26/h7-14,16,19,24,26H,5-6,15,17-18H2,1-4H3,(H,32,37)/t24-,26?/m1/s1. The van der Waals surface area contributed by atoms with E-state index in [1.807, 2.05) is 42.4 Å². The van der Waals surface area contributed by atoms with Crippen LogP contribution in [-0.2, 0) is 10.5 Å². The SMILES string of the molecule is CCCCOc1c2n(cc(NC(=O)OC)c1=O)[C@@H](C1c3ccccc3CSc3ccccc31)CN(C(C)C)C2=O. The maximum atomic E-state index is 14.0. The molecule has 40 heavy (non-hydrogen) atoms. The van der Waals surface area contributed by atoms with Gasteiger partial charge in [0.15, 0.2) is 11.4 Å². The lowest BCUT2D eigenvalue weighted by Gasteiger charge is -2.42. The number of ether oxygens (including phenoxy) is 2. The third kappa shape index (κ3) is 5.10. The van der Waals surface area contributed by atoms with Gasteiger partial charge in [-0.3, -0.25) is 14.9 Å². The van der Waals surface area contributed by atoms with Crippen molar-refractivity contribution in [3.05, 3.63) is 87.3 Å². The van der Waals surface area contributed by atoms with Gasteiger partial charge in [0.05, 0.1) is 19.8 Å². The van der Waals surface area contributed by atoms with Gasteiger partial charge in [0, 0.05) is 35.3 Å². The summed E-state index contributed by atoms with van der Waals surface area (Å²) in [7, 11) is 1.24. The number of carbonyl (C=O) groups excluding carboxylic acids is 2. The Morgan fingerprint density at radius 2 is 1.82 bits per heavy atom. The Bertz CT molecular complexity index is 1440. The molecule has 0 radical (unpaired) electrons. The number of unbranched alkanes of at least 4 members (excludes halogenated alkanes) is 1. The normalized spacial score (nSPS) is 17.9. The Morgan fingerprint density at radius 3 is 2.55 bits per heavy atom. The van der Waals surface area contributed by atoms with E-state index in [-0.39, 0.29) is 47.6 Å². The van der Waals surface area contributed by atoms with Gasteiger partial charge in [0.1, 0.15) is 5.69 Å². The van der Waals surface area contributed by atoms with Crippen LogP contribution in [0.3, 0.4) is 0 Å². The van der Waals surface area contributed by atoms with Crippen LogP contribution in [0.4, 0.5) is 10.5 Å². The maximum absolute atomic E-state index is 14.0. The van der Waals surface area contributed by atoms with E-state index < -0.39 is 11.5 Å². The topological polar surface area (TPSA) is 89.9 Å². The predicted octanol–water partition coefficient (Wildman–Crippen LogP) is 6.05. The zero-order chi connectivity index (χ0) is 28.4. The third-order valence-electron chi connectivity index (χ3n) is 7.60. The molecule has 1 N–H and O–H groups in total. The summed E-state index contributed by atoms with van der Waals surface area (Å²) < 4.78 is 12.7. The molecule has 3 heterocycles. The first-order valence-corrected chi connectivity index (χ1v) is 14.7. The lowest BCUT2D eigenvalue weighted by atomic mass is 9.81. The first kappa shape index (κ1) is 27.8. The van der Waals surface area contributed by atoms with Crippen molar-refractivity contribution in [2.24, 2.45) is 0 Å². The molecule has 5 rings (SSSR count). The van der Waals surface area contributed by atoms with Gasteiger partial charge in [0.25, 0.3) is 5.91 Å². The van der Waals surface area contributed by atoms with Crippen LogP contribution in [0.1, 0.15) is 72.8 Å². The van der Waals surface area contributed by atoms with Crippen molar-refractivity contribution in [2.45, 2.75) is 62.3 Å². The molecule has 2 amide bonds. The number of pyridine rings is 1. The Kier molecular flexibility index (Phi) is 8.21. The number of amides is 2. The molecule has 1 aromatic heterocycles. The molecular formula is C31H35N3O5S. The van der Waals surface area contributed by atoms with Gasteiger partial charge >= 0.3 is 6.09 Å². The van der Waals surface area contributed by atoms with Crippen LogP contribution in [0.2, 0.25) is 0 Å². The number of fused-ring (bicyclic) bond motifs is 3. The molecule has 1 unspecified atom stereocenters. The first-order valence-electron chi connectivity index (χ1n) is 13.7. The van der Waals surface area contributed by atoms with Crippen molar-refractivity contribution in [1.29, 1.82) is 0 Å². The number of rotatable bonds is 7. The second-order valence-corrected chi connectivity index (χ2v) is 11.4. The quantitative estimate of drug-likeness (QED) is 0.353. The largest absolute Gasteiger partial charge is 0.487 e. The van der Waals surface area contributed by atoms with Crippen molar-refractivity contribution in [2.75, 3.05) is 25.6 Å². The minimum atomic E-state index is -0.763. The zero-order valence-corrected chi connectivity index (χ0v) is 24.1. The van der Waals surface area contributed by atoms with Gasteiger partial charge in [-0.25, -0.2) is 4.79 Å². The van der Waals surface area contributed by atoms with Gasteiger partial charge in [-0.1, -0.05) is 55.8 Å². The van der Waals surface area contributed by atoms with Crippen LogP contribution in [0.15, 0.2) is 64.4 Å². The number of carbonyl (C=O) groups is 2. The zero-order valence-electron chi connectivity index (χ0n) is 23.3. The molecular weight excluding hydrogens is 526 g/mol. The molecule has 0 saturated heterocycles. The predicted molar refractivity (Wildman–Crippen MR) is 157 cm³/mol. The van der Waals surface area contributed by atoms with E-state index in [0.29, 0.717) is 6.54 Å². The molecule has 0 spiro atoms. The number of thioether (sulfide) groups is 1. The number of nitrogens with zero attached hydrogens (tertiary/aromatic N) is 2. The average Bonchev–Trinajstić information content (AvgIpc) is 3.12. The highest BCUT2D eigenvalue weighted by molar-refractivity contribution is 7.98. The fraction of sp³-hybridized carbons (Fsp3) is 0.387. The number of benzene rings is 2. The summed E-state index contributed by atoms with van der Waals surface area (Å²) in [6, 6.07) is 16.4. The molecule has 2 aliphatic rings. The number of nitrogens with one attached hydrogen (secondary N) is 1. The molecule has 2 aromatic carbocycles. The van der Waals surface area contributed by atoms with Crippen LogP contribution < -0.4 is 15.5 Å². The number of hydrogen-bond acceptors (Lipinski definition) is 6. The lowest BCUT2D eigenvalue weighted by Crippen LogP contribution is -2.49. The van der Waals surface area contributed by atoms with Gasteiger partial charge in [-0.05, 0) is 43.0 Å². The monoisotopic (exact) mass is 561 g/mol. The summed E-state index contributed by atoms with van der Waals surface area (Å²) in [6.45, 7) is 6.71. The molecule has 3 aromatic rings. The first-order chi connectivity index (χ1) is 19.3. The van der Waals surface area contributed by atoms with Crippen LogP contribution >= 0.6 is 11.8 Å². The number of hydrogen-bond donors (Lipinski definition) is 1. The van der Waals surface area contributed by atoms with Crippen molar-refractivity contribution in [1.82, 2.24) is 9.47 Å². The van der Waals surface area contributed by atoms with E-state index >= 15 is 0 Å². The fourth-order valence-electron chi connectivity index (χ4n) is 5.58. The molecule has 0 fully saturated rings. The number of anilines is 1. The van der Waals surface area contributed by atoms with E-state index in [9.17, 15) is 14.4 Å². The van der Waals surface area contributed by atoms with Crippen molar-refractivity contribution < 1.29 is 19.1 Å². The van der Waals surface area contributed by atoms with Crippen LogP contribution in [0.25, 0.3) is 0 Å². The van der Waals surface area contributed by atoms with Crippen LogP contribution in [0.5, 0.6) is 5.75 Å². The maximum Gasteiger partial charge on any atom is 0.411 e. The molecule has 0 aliphatic carbocycles. The van der Waals surface area contributed by atoms with Crippen LogP contribution in [-0.4, -0.2) is 47.8 Å². The Hall–Kier alpha value is -3.72. The minimum absolute atomic E-state index is 0.0162. The van der Waals surface area contributed by atoms with E-state index in [1.54, 1.807) is 18.0 Å². The van der Waals surface area contributed by atoms with E-state index in [0.717, 1.165) is 18.6 Å². The Balaban J connectivity index is 1.79. The van der Waals surface area contributed by atoms with Gasteiger partial charge < -0.3 is 18.9 Å². The van der Waals surface area contributed by atoms with Crippen molar-refractivity contribution in [3.63, 3.8) is 0 Å². The summed E-state index contributed by atoms with van der Waals surface area (Å²) in [5.74, 6) is 0.421. The van der Waals surface area contributed by atoms with E-state index in [2.05, 4.69) is 41.7 Å². The van der Waals surface area contributed by atoms with Gasteiger partial charge in [-0.2, -0.15) is 0 Å². The summed E-state index contributed by atoms with van der Waals surface area (Å²) in [5, 5.41) is 2.56. The molecule has 2 atom stereocenters. The van der Waals surface area contributed by atoms with Gasteiger partial charge in [-0.15, -0.1) is 11.8 Å². The number of aromatic nitrogens is 1. The van der Waals surface area contributed by atoms with Crippen molar-refractivity contribution in [3.8, 4) is 5.75 Å². The van der Waals surface area contributed by atoms with Crippen LogP contribution in [0, 0.1) is 0 Å². The second-order valence-electron chi connectivity index (χ2n) is 10.4. The highest BCUT2D eigenvalue weighted by Gasteiger charge is 2.42. The average molecular weight is 562 g/mol.